The summed E-state index contributed by atoms with van der Waals surface area (Å²) in [7, 11) is 0. The van der Waals surface area contributed by atoms with Crippen LogP contribution in [0.4, 0.5) is 0 Å². The molecule has 0 aromatic heterocycles. The SMILES string of the molecule is O=C(O)c1cc(Br)ccc1Oc1ccc(Cl)cc1Br. The molecule has 0 radical (unpaired) electrons. The first-order valence-corrected chi connectivity index (χ1v) is 7.09. The Morgan fingerprint density at radius 3 is 2.42 bits per heavy atom. The van der Waals surface area contributed by atoms with E-state index in [2.05, 4.69) is 31.9 Å². The van der Waals surface area contributed by atoms with Gasteiger partial charge in [0, 0.05) is 9.50 Å². The summed E-state index contributed by atoms with van der Waals surface area (Å²) in [6, 6.07) is 9.80. The number of benzene rings is 2. The summed E-state index contributed by atoms with van der Waals surface area (Å²) in [6.07, 6.45) is 0. The Labute approximate surface area is 131 Å². The molecular formula is C13H7Br2ClO3. The van der Waals surface area contributed by atoms with Crippen LogP contribution < -0.4 is 4.74 Å². The molecule has 0 aliphatic carbocycles. The molecule has 0 aliphatic rings. The third-order valence-electron chi connectivity index (χ3n) is 2.29. The zero-order valence-electron chi connectivity index (χ0n) is 9.36. The first-order valence-electron chi connectivity index (χ1n) is 5.13. The Kier molecular flexibility index (Phi) is 4.50. The molecule has 0 amide bonds. The van der Waals surface area contributed by atoms with Gasteiger partial charge in [0.2, 0.25) is 0 Å². The quantitative estimate of drug-likeness (QED) is 0.747. The largest absolute Gasteiger partial charge is 0.478 e. The molecule has 2 rings (SSSR count). The molecule has 0 atom stereocenters. The Hall–Kier alpha value is -1.04. The van der Waals surface area contributed by atoms with Gasteiger partial charge < -0.3 is 9.84 Å². The second kappa shape index (κ2) is 5.94. The molecule has 0 saturated carbocycles. The number of ether oxygens (including phenoxy) is 1. The van der Waals surface area contributed by atoms with Crippen molar-refractivity contribution in [3.63, 3.8) is 0 Å². The molecule has 0 aliphatic heterocycles. The van der Waals surface area contributed by atoms with Gasteiger partial charge in [-0.25, -0.2) is 4.79 Å². The van der Waals surface area contributed by atoms with E-state index in [0.717, 1.165) is 0 Å². The van der Waals surface area contributed by atoms with Crippen LogP contribution in [0.5, 0.6) is 11.5 Å². The zero-order chi connectivity index (χ0) is 14.0. The first-order chi connectivity index (χ1) is 8.97. The fourth-order valence-corrected chi connectivity index (χ4v) is 2.56. The summed E-state index contributed by atoms with van der Waals surface area (Å²) >= 11 is 12.4. The van der Waals surface area contributed by atoms with Gasteiger partial charge in [-0.15, -0.1) is 0 Å². The van der Waals surface area contributed by atoms with E-state index in [4.69, 9.17) is 21.4 Å². The van der Waals surface area contributed by atoms with Gasteiger partial charge in [0.1, 0.15) is 17.1 Å². The minimum atomic E-state index is -1.05. The number of carboxylic acids is 1. The average Bonchev–Trinajstić information content (AvgIpc) is 2.34. The molecule has 0 unspecified atom stereocenters. The van der Waals surface area contributed by atoms with Crippen molar-refractivity contribution >= 4 is 49.4 Å². The monoisotopic (exact) mass is 404 g/mol. The molecule has 98 valence electrons. The third-order valence-corrected chi connectivity index (χ3v) is 3.63. The number of carboxylic acid groups (broad SMARTS) is 1. The Morgan fingerprint density at radius 2 is 1.79 bits per heavy atom. The summed E-state index contributed by atoms with van der Waals surface area (Å²) in [5.41, 5.74) is 0.0798. The van der Waals surface area contributed by atoms with E-state index in [0.29, 0.717) is 19.7 Å². The average molecular weight is 406 g/mol. The van der Waals surface area contributed by atoms with Crippen molar-refractivity contribution in [3.8, 4) is 11.5 Å². The topological polar surface area (TPSA) is 46.5 Å². The van der Waals surface area contributed by atoms with Crippen LogP contribution in [0.25, 0.3) is 0 Å². The lowest BCUT2D eigenvalue weighted by molar-refractivity contribution is 0.0694. The molecule has 1 N–H and O–H groups in total. The van der Waals surface area contributed by atoms with Gasteiger partial charge in [-0.2, -0.15) is 0 Å². The normalized spacial score (nSPS) is 10.3. The maximum absolute atomic E-state index is 11.2. The lowest BCUT2D eigenvalue weighted by Crippen LogP contribution is -2.00. The highest BCUT2D eigenvalue weighted by Gasteiger charge is 2.14. The Balaban J connectivity index is 2.40. The highest BCUT2D eigenvalue weighted by atomic mass is 79.9. The van der Waals surface area contributed by atoms with E-state index >= 15 is 0 Å². The third kappa shape index (κ3) is 3.49. The molecule has 0 fully saturated rings. The predicted octanol–water partition coefficient (Wildman–Crippen LogP) is 5.36. The second-order valence-corrected chi connectivity index (χ2v) is 5.83. The van der Waals surface area contributed by atoms with Crippen LogP contribution in [0.2, 0.25) is 5.02 Å². The fourth-order valence-electron chi connectivity index (χ4n) is 1.43. The summed E-state index contributed by atoms with van der Waals surface area (Å²) in [6.45, 7) is 0. The van der Waals surface area contributed by atoms with Crippen LogP contribution in [0.1, 0.15) is 10.4 Å². The van der Waals surface area contributed by atoms with E-state index in [-0.39, 0.29) is 11.3 Å². The number of aromatic carboxylic acids is 1. The number of hydrogen-bond donors (Lipinski definition) is 1. The van der Waals surface area contributed by atoms with Crippen molar-refractivity contribution in [2.75, 3.05) is 0 Å². The standard InChI is InChI=1S/C13H7Br2ClO3/c14-7-1-3-11(9(5-7)13(17)18)19-12-4-2-8(16)6-10(12)15/h1-6H,(H,17,18). The Bertz CT molecular complexity index is 644. The van der Waals surface area contributed by atoms with Gasteiger partial charge in [-0.3, -0.25) is 0 Å². The first kappa shape index (κ1) is 14.4. The van der Waals surface area contributed by atoms with E-state index in [1.54, 1.807) is 30.3 Å². The van der Waals surface area contributed by atoms with E-state index in [1.807, 2.05) is 0 Å². The fraction of sp³-hybridized carbons (Fsp3) is 0. The minimum Gasteiger partial charge on any atom is -0.478 e. The molecule has 19 heavy (non-hydrogen) atoms. The van der Waals surface area contributed by atoms with Crippen LogP contribution in [-0.2, 0) is 0 Å². The van der Waals surface area contributed by atoms with Gasteiger partial charge in [-0.1, -0.05) is 27.5 Å². The molecular weight excluding hydrogens is 399 g/mol. The van der Waals surface area contributed by atoms with E-state index in [1.165, 1.54) is 6.07 Å². The van der Waals surface area contributed by atoms with Crippen molar-refractivity contribution in [1.82, 2.24) is 0 Å². The van der Waals surface area contributed by atoms with Crippen LogP contribution in [0, 0.1) is 0 Å². The van der Waals surface area contributed by atoms with Crippen molar-refractivity contribution in [2.45, 2.75) is 0 Å². The van der Waals surface area contributed by atoms with Gasteiger partial charge in [0.15, 0.2) is 0 Å². The lowest BCUT2D eigenvalue weighted by atomic mass is 10.2. The van der Waals surface area contributed by atoms with Crippen molar-refractivity contribution in [2.24, 2.45) is 0 Å². The summed E-state index contributed by atoms with van der Waals surface area (Å²) in [4.78, 5) is 11.2. The number of carbonyl (C=O) groups is 1. The van der Waals surface area contributed by atoms with Crippen molar-refractivity contribution in [3.05, 3.63) is 55.9 Å². The number of halogens is 3. The number of hydrogen-bond acceptors (Lipinski definition) is 2. The summed E-state index contributed by atoms with van der Waals surface area (Å²) in [5, 5.41) is 9.71. The highest BCUT2D eigenvalue weighted by Crippen LogP contribution is 2.34. The van der Waals surface area contributed by atoms with Crippen LogP contribution >= 0.6 is 43.5 Å². The maximum Gasteiger partial charge on any atom is 0.339 e. The van der Waals surface area contributed by atoms with Crippen LogP contribution in [-0.4, -0.2) is 11.1 Å². The number of rotatable bonds is 3. The molecule has 0 bridgehead atoms. The molecule has 2 aromatic carbocycles. The molecule has 2 aromatic rings. The predicted molar refractivity (Wildman–Crippen MR) is 80.3 cm³/mol. The van der Waals surface area contributed by atoms with Gasteiger partial charge in [0.05, 0.1) is 4.47 Å². The summed E-state index contributed by atoms with van der Waals surface area (Å²) < 4.78 is 6.93. The Morgan fingerprint density at radius 1 is 1.11 bits per heavy atom. The van der Waals surface area contributed by atoms with Gasteiger partial charge >= 0.3 is 5.97 Å². The summed E-state index contributed by atoms with van der Waals surface area (Å²) in [5.74, 6) is -0.297. The van der Waals surface area contributed by atoms with E-state index in [9.17, 15) is 4.79 Å². The molecule has 0 heterocycles. The van der Waals surface area contributed by atoms with Gasteiger partial charge in [-0.05, 0) is 52.3 Å². The minimum absolute atomic E-state index is 0.0798. The zero-order valence-corrected chi connectivity index (χ0v) is 13.3. The van der Waals surface area contributed by atoms with Crippen LogP contribution in [0.3, 0.4) is 0 Å². The van der Waals surface area contributed by atoms with Crippen molar-refractivity contribution in [1.29, 1.82) is 0 Å². The molecule has 6 heteroatoms. The highest BCUT2D eigenvalue weighted by molar-refractivity contribution is 9.10. The molecule has 0 saturated heterocycles. The molecule has 0 spiro atoms. The maximum atomic E-state index is 11.2. The second-order valence-electron chi connectivity index (χ2n) is 3.62. The van der Waals surface area contributed by atoms with Crippen molar-refractivity contribution < 1.29 is 14.6 Å². The van der Waals surface area contributed by atoms with Crippen LogP contribution in [0.15, 0.2) is 45.3 Å². The molecule has 3 nitrogen and oxygen atoms in total. The van der Waals surface area contributed by atoms with E-state index < -0.39 is 5.97 Å². The lowest BCUT2D eigenvalue weighted by Gasteiger charge is -2.10. The van der Waals surface area contributed by atoms with Gasteiger partial charge in [0.25, 0.3) is 0 Å². The smallest absolute Gasteiger partial charge is 0.339 e.